The highest BCUT2D eigenvalue weighted by molar-refractivity contribution is 7.09. The summed E-state index contributed by atoms with van der Waals surface area (Å²) >= 11 is 1.62. The molecule has 2 aliphatic rings. The van der Waals surface area contributed by atoms with Gasteiger partial charge in [0.05, 0.1) is 10.4 Å². The van der Waals surface area contributed by atoms with Gasteiger partial charge in [0.15, 0.2) is 0 Å². The summed E-state index contributed by atoms with van der Waals surface area (Å²) in [7, 11) is 0. The van der Waals surface area contributed by atoms with Crippen molar-refractivity contribution in [1.82, 2.24) is 9.88 Å². The van der Waals surface area contributed by atoms with E-state index in [2.05, 4.69) is 16.8 Å². The number of fused-ring (bicyclic) bond motifs is 1. The summed E-state index contributed by atoms with van der Waals surface area (Å²) in [6.07, 6.45) is 1.11. The number of aryl methyl sites for hydroxylation is 1. The number of piperidine rings is 1. The maximum absolute atomic E-state index is 12.5. The predicted molar refractivity (Wildman–Crippen MR) is 86.6 cm³/mol. The van der Waals surface area contributed by atoms with Gasteiger partial charge >= 0.3 is 0 Å². The van der Waals surface area contributed by atoms with Crippen LogP contribution in [0.2, 0.25) is 0 Å². The van der Waals surface area contributed by atoms with Crippen molar-refractivity contribution in [2.75, 3.05) is 13.1 Å². The summed E-state index contributed by atoms with van der Waals surface area (Å²) in [5, 5.41) is 3.04. The second-order valence-electron chi connectivity index (χ2n) is 6.11. The third-order valence-corrected chi connectivity index (χ3v) is 5.29. The second kappa shape index (κ2) is 4.96. The maximum Gasteiger partial charge on any atom is 0.253 e. The Kier molecular flexibility index (Phi) is 3.05. The Morgan fingerprint density at radius 3 is 2.95 bits per heavy atom. The number of likely N-dealkylation sites (tertiary alicyclic amines) is 1. The van der Waals surface area contributed by atoms with E-state index in [0.29, 0.717) is 5.92 Å². The lowest BCUT2D eigenvalue weighted by molar-refractivity contribution is 0.0770. The molecular weight excluding hydrogens is 292 g/mol. The van der Waals surface area contributed by atoms with Crippen molar-refractivity contribution in [3.63, 3.8) is 0 Å². The molecule has 0 radical (unpaired) electrons. The van der Waals surface area contributed by atoms with Gasteiger partial charge in [0.1, 0.15) is 5.69 Å². The monoisotopic (exact) mass is 308 g/mol. The summed E-state index contributed by atoms with van der Waals surface area (Å²) in [6.45, 7) is 3.57. The minimum absolute atomic E-state index is 0.0158. The lowest BCUT2D eigenvalue weighted by Crippen LogP contribution is -2.31. The first-order chi connectivity index (χ1) is 10.7. The molecule has 1 aromatic heterocycles. The van der Waals surface area contributed by atoms with Crippen LogP contribution in [-0.4, -0.2) is 28.9 Å². The molecule has 0 spiro atoms. The summed E-state index contributed by atoms with van der Waals surface area (Å²) in [6, 6.07) is 9.50. The van der Waals surface area contributed by atoms with Gasteiger partial charge in [-0.2, -0.15) is 0 Å². The molecule has 0 bridgehead atoms. The Bertz CT molecular complexity index is 786. The van der Waals surface area contributed by atoms with Gasteiger partial charge in [-0.3, -0.25) is 4.79 Å². The second-order valence-corrected chi connectivity index (χ2v) is 7.17. The molecule has 1 saturated heterocycles. The molecule has 2 atom stereocenters. The molecule has 1 aliphatic carbocycles. The highest BCUT2D eigenvalue weighted by atomic mass is 32.1. The standard InChI is InChI=1S/C18H16N2OS/c1-13-19-16(11-22-13)7-8-18-9-15(18)10-20(12-18)17(21)14-5-3-2-4-6-14/h2-6,11,15H,9-10,12H2,1H3. The van der Waals surface area contributed by atoms with E-state index in [9.17, 15) is 4.79 Å². The third kappa shape index (κ3) is 2.32. The van der Waals surface area contributed by atoms with Crippen molar-refractivity contribution in [1.29, 1.82) is 0 Å². The first-order valence-corrected chi connectivity index (χ1v) is 8.34. The van der Waals surface area contributed by atoms with Gasteiger partial charge in [-0.1, -0.05) is 24.1 Å². The Balaban J connectivity index is 1.49. The van der Waals surface area contributed by atoms with E-state index >= 15 is 0 Å². The van der Waals surface area contributed by atoms with Gasteiger partial charge in [0.2, 0.25) is 0 Å². The number of carbonyl (C=O) groups excluding carboxylic acids is 1. The van der Waals surface area contributed by atoms with E-state index in [0.717, 1.165) is 35.8 Å². The Morgan fingerprint density at radius 1 is 1.41 bits per heavy atom. The van der Waals surface area contributed by atoms with Gasteiger partial charge in [-0.05, 0) is 37.3 Å². The zero-order valence-electron chi connectivity index (χ0n) is 12.4. The van der Waals surface area contributed by atoms with Crippen LogP contribution in [-0.2, 0) is 0 Å². The van der Waals surface area contributed by atoms with E-state index < -0.39 is 0 Å². The zero-order chi connectivity index (χ0) is 15.2. The smallest absolute Gasteiger partial charge is 0.253 e. The Labute approximate surface area is 134 Å². The fourth-order valence-electron chi connectivity index (χ4n) is 3.20. The van der Waals surface area contributed by atoms with E-state index in [1.807, 2.05) is 47.5 Å². The van der Waals surface area contributed by atoms with Crippen LogP contribution in [0.25, 0.3) is 0 Å². The number of hydrogen-bond donors (Lipinski definition) is 0. The van der Waals surface area contributed by atoms with Crippen molar-refractivity contribution in [2.24, 2.45) is 11.3 Å². The number of thiazole rings is 1. The van der Waals surface area contributed by atoms with Crippen LogP contribution in [0.15, 0.2) is 35.7 Å². The molecule has 1 amide bonds. The summed E-state index contributed by atoms with van der Waals surface area (Å²) in [5.41, 5.74) is 1.64. The molecule has 2 heterocycles. The molecule has 4 rings (SSSR count). The molecule has 0 N–H and O–H groups in total. The number of aromatic nitrogens is 1. The fourth-order valence-corrected chi connectivity index (χ4v) is 3.75. The van der Waals surface area contributed by atoms with Crippen LogP contribution in [0.5, 0.6) is 0 Å². The summed E-state index contributed by atoms with van der Waals surface area (Å²) in [5.74, 6) is 7.26. The van der Waals surface area contributed by atoms with Crippen LogP contribution in [0.4, 0.5) is 0 Å². The van der Waals surface area contributed by atoms with Crippen molar-refractivity contribution in [3.8, 4) is 11.8 Å². The van der Waals surface area contributed by atoms with E-state index in [4.69, 9.17) is 0 Å². The molecule has 2 fully saturated rings. The average Bonchev–Trinajstić information content (AvgIpc) is 2.88. The van der Waals surface area contributed by atoms with Gasteiger partial charge in [0, 0.05) is 24.0 Å². The number of amides is 1. The van der Waals surface area contributed by atoms with Gasteiger partial charge in [0.25, 0.3) is 5.91 Å². The number of carbonyl (C=O) groups is 1. The van der Waals surface area contributed by atoms with Crippen molar-refractivity contribution >= 4 is 17.2 Å². The SMILES string of the molecule is Cc1nc(C#CC23CC2CN(C(=O)c2ccccc2)C3)cs1. The maximum atomic E-state index is 12.5. The third-order valence-electron chi connectivity index (χ3n) is 4.51. The van der Waals surface area contributed by atoms with Gasteiger partial charge in [-0.15, -0.1) is 11.3 Å². The summed E-state index contributed by atoms with van der Waals surface area (Å²) < 4.78 is 0. The fraction of sp³-hybridized carbons (Fsp3) is 0.333. The van der Waals surface area contributed by atoms with Crippen LogP contribution in [0.3, 0.4) is 0 Å². The van der Waals surface area contributed by atoms with E-state index in [-0.39, 0.29) is 11.3 Å². The molecule has 22 heavy (non-hydrogen) atoms. The summed E-state index contributed by atoms with van der Waals surface area (Å²) in [4.78, 5) is 18.8. The largest absolute Gasteiger partial charge is 0.337 e. The van der Waals surface area contributed by atoms with Crippen molar-refractivity contribution < 1.29 is 4.79 Å². The van der Waals surface area contributed by atoms with Crippen LogP contribution >= 0.6 is 11.3 Å². The number of rotatable bonds is 1. The quantitative estimate of drug-likeness (QED) is 0.759. The minimum Gasteiger partial charge on any atom is -0.337 e. The van der Waals surface area contributed by atoms with Crippen LogP contribution in [0.1, 0.15) is 27.5 Å². The number of benzene rings is 1. The van der Waals surface area contributed by atoms with Crippen LogP contribution < -0.4 is 0 Å². The topological polar surface area (TPSA) is 33.2 Å². The van der Waals surface area contributed by atoms with Crippen LogP contribution in [0, 0.1) is 30.1 Å². The lowest BCUT2D eigenvalue weighted by atomic mass is 10.1. The highest BCUT2D eigenvalue weighted by Gasteiger charge is 2.60. The molecular formula is C18H16N2OS. The van der Waals surface area contributed by atoms with E-state index in [1.165, 1.54) is 0 Å². The first-order valence-electron chi connectivity index (χ1n) is 7.46. The molecule has 1 saturated carbocycles. The molecule has 110 valence electrons. The Morgan fingerprint density at radius 2 is 2.23 bits per heavy atom. The minimum atomic E-state index is 0.0158. The molecule has 1 aromatic carbocycles. The van der Waals surface area contributed by atoms with Gasteiger partial charge in [-0.25, -0.2) is 4.98 Å². The first kappa shape index (κ1) is 13.5. The van der Waals surface area contributed by atoms with Gasteiger partial charge < -0.3 is 4.90 Å². The lowest BCUT2D eigenvalue weighted by Gasteiger charge is -2.19. The normalized spacial score (nSPS) is 25.3. The predicted octanol–water partition coefficient (Wildman–Crippen LogP) is 2.97. The molecule has 3 nitrogen and oxygen atoms in total. The molecule has 4 heteroatoms. The zero-order valence-corrected chi connectivity index (χ0v) is 13.2. The number of hydrogen-bond acceptors (Lipinski definition) is 3. The molecule has 1 aliphatic heterocycles. The number of nitrogens with zero attached hydrogens (tertiary/aromatic N) is 2. The average molecular weight is 308 g/mol. The Hall–Kier alpha value is -2.12. The van der Waals surface area contributed by atoms with Crippen molar-refractivity contribution in [2.45, 2.75) is 13.3 Å². The van der Waals surface area contributed by atoms with Crippen molar-refractivity contribution in [3.05, 3.63) is 52.0 Å². The van der Waals surface area contributed by atoms with E-state index in [1.54, 1.807) is 11.3 Å². The highest BCUT2D eigenvalue weighted by Crippen LogP contribution is 2.57. The molecule has 2 unspecified atom stereocenters. The molecule has 2 aromatic rings.